The lowest BCUT2D eigenvalue weighted by Gasteiger charge is -2.29. The van der Waals surface area contributed by atoms with Crippen molar-refractivity contribution in [2.75, 3.05) is 26.2 Å². The number of nitrogens with two attached hydrogens (primary N) is 4. The van der Waals surface area contributed by atoms with Crippen LogP contribution >= 0.6 is 0 Å². The van der Waals surface area contributed by atoms with Crippen LogP contribution in [0.5, 0.6) is 0 Å². The molecule has 1 aliphatic rings. The Kier molecular flexibility index (Phi) is 11.5. The molecule has 0 aromatic rings. The number of ketones is 2. The van der Waals surface area contributed by atoms with Crippen molar-refractivity contribution in [3.63, 3.8) is 0 Å². The molecule has 1 fully saturated rings. The zero-order valence-corrected chi connectivity index (χ0v) is 19.2. The molecule has 30 heavy (non-hydrogen) atoms. The number of likely N-dealkylation sites (tertiary alicyclic amines) is 1. The second-order valence-corrected chi connectivity index (χ2v) is 9.63. The molecule has 0 aromatic heterocycles. The molecule has 3 unspecified atom stereocenters. The zero-order valence-electron chi connectivity index (χ0n) is 19.2. The maximum Gasteiger partial charge on any atom is 0.185 e. The molecular formula is C22H44N6O2. The summed E-state index contributed by atoms with van der Waals surface area (Å²) in [5, 5.41) is 0. The first-order valence-corrected chi connectivity index (χ1v) is 11.4. The maximum absolute atomic E-state index is 13.2. The third-order valence-electron chi connectivity index (χ3n) is 5.80. The topological polar surface area (TPSA) is 154 Å². The number of unbranched alkanes of at least 4 members (excludes halogenated alkanes) is 1. The van der Waals surface area contributed by atoms with Gasteiger partial charge in [0.1, 0.15) is 5.78 Å². The van der Waals surface area contributed by atoms with E-state index in [2.05, 4.69) is 9.89 Å². The minimum Gasteiger partial charge on any atom is -0.370 e. The Balaban J connectivity index is 2.70. The summed E-state index contributed by atoms with van der Waals surface area (Å²) in [5.41, 5.74) is 22.1. The molecule has 0 spiro atoms. The molecule has 0 radical (unpaired) electrons. The highest BCUT2D eigenvalue weighted by molar-refractivity contribution is 5.92. The normalized spacial score (nSPS) is 19.4. The number of hydrogen-bond donors (Lipinski definition) is 4. The van der Waals surface area contributed by atoms with Gasteiger partial charge in [-0.05, 0) is 51.6 Å². The minimum atomic E-state index is -0.484. The van der Waals surface area contributed by atoms with Crippen LogP contribution < -0.4 is 22.9 Å². The average Bonchev–Trinajstić information content (AvgIpc) is 3.10. The van der Waals surface area contributed by atoms with E-state index in [9.17, 15) is 9.59 Å². The van der Waals surface area contributed by atoms with Crippen molar-refractivity contribution in [3.05, 3.63) is 0 Å². The largest absolute Gasteiger partial charge is 0.370 e. The first kappa shape index (κ1) is 26.5. The van der Waals surface area contributed by atoms with Gasteiger partial charge in [0.2, 0.25) is 0 Å². The van der Waals surface area contributed by atoms with Gasteiger partial charge in [-0.3, -0.25) is 19.5 Å². The van der Waals surface area contributed by atoms with Crippen LogP contribution in [0.2, 0.25) is 0 Å². The summed E-state index contributed by atoms with van der Waals surface area (Å²) in [6.45, 7) is 8.50. The molecule has 1 aliphatic heterocycles. The summed E-state index contributed by atoms with van der Waals surface area (Å²) in [6, 6.07) is -0.0740. The summed E-state index contributed by atoms with van der Waals surface area (Å²) in [6.07, 6.45) is 6.33. The summed E-state index contributed by atoms with van der Waals surface area (Å²) < 4.78 is 0. The fraction of sp³-hybridized carbons (Fsp3) is 0.864. The Hall–Kier alpha value is -1.51. The highest BCUT2D eigenvalue weighted by Crippen LogP contribution is 2.28. The van der Waals surface area contributed by atoms with Crippen molar-refractivity contribution in [1.29, 1.82) is 0 Å². The predicted octanol–water partition coefficient (Wildman–Crippen LogP) is 1.15. The first-order chi connectivity index (χ1) is 14.1. The van der Waals surface area contributed by atoms with Crippen LogP contribution in [-0.2, 0) is 9.59 Å². The lowest BCUT2D eigenvalue weighted by Crippen LogP contribution is -2.44. The van der Waals surface area contributed by atoms with Crippen LogP contribution in [0.25, 0.3) is 0 Å². The van der Waals surface area contributed by atoms with Crippen molar-refractivity contribution in [2.24, 2.45) is 39.3 Å². The van der Waals surface area contributed by atoms with Gasteiger partial charge in [-0.15, -0.1) is 0 Å². The summed E-state index contributed by atoms with van der Waals surface area (Å²) >= 11 is 0. The third-order valence-corrected chi connectivity index (χ3v) is 5.80. The van der Waals surface area contributed by atoms with Crippen LogP contribution in [0, 0.1) is 11.3 Å². The van der Waals surface area contributed by atoms with Crippen molar-refractivity contribution >= 4 is 17.5 Å². The lowest BCUT2D eigenvalue weighted by molar-refractivity contribution is -0.135. The number of guanidine groups is 1. The molecule has 0 bridgehead atoms. The molecule has 1 rings (SSSR count). The van der Waals surface area contributed by atoms with Gasteiger partial charge in [0.15, 0.2) is 11.7 Å². The van der Waals surface area contributed by atoms with Gasteiger partial charge in [-0.1, -0.05) is 27.2 Å². The SMILES string of the molecule is CC(C)(C)C(=O)C(CCCN=C(N)N)CC(=O)C1CCCN1CC(N)CCCCN. The van der Waals surface area contributed by atoms with Gasteiger partial charge in [0.05, 0.1) is 6.04 Å². The Bertz CT molecular complexity index is 568. The van der Waals surface area contributed by atoms with E-state index in [0.29, 0.717) is 25.9 Å². The molecule has 0 saturated carbocycles. The molecule has 0 aliphatic carbocycles. The van der Waals surface area contributed by atoms with Crippen molar-refractivity contribution in [1.82, 2.24) is 4.90 Å². The van der Waals surface area contributed by atoms with Crippen LogP contribution in [0.4, 0.5) is 0 Å². The smallest absolute Gasteiger partial charge is 0.185 e. The standard InChI is InChI=1S/C22H44N6O2/c1-22(2,3)20(30)16(8-6-12-27-21(25)26)14-19(29)18-10-7-13-28(18)15-17(24)9-4-5-11-23/h16-18H,4-15,23-24H2,1-3H3,(H4,25,26,27). The van der Waals surface area contributed by atoms with Gasteiger partial charge in [0, 0.05) is 36.9 Å². The quantitative estimate of drug-likeness (QED) is 0.185. The maximum atomic E-state index is 13.2. The zero-order chi connectivity index (χ0) is 22.7. The molecule has 0 aromatic carbocycles. The van der Waals surface area contributed by atoms with E-state index in [1.54, 1.807) is 0 Å². The lowest BCUT2D eigenvalue weighted by atomic mass is 9.78. The third kappa shape index (κ3) is 9.53. The van der Waals surface area contributed by atoms with E-state index < -0.39 is 5.41 Å². The molecule has 174 valence electrons. The van der Waals surface area contributed by atoms with E-state index in [1.807, 2.05) is 20.8 Å². The monoisotopic (exact) mass is 424 g/mol. The number of aliphatic imine (C=N–C) groups is 1. The van der Waals surface area contributed by atoms with Gasteiger partial charge in [-0.2, -0.15) is 0 Å². The Morgan fingerprint density at radius 2 is 1.83 bits per heavy atom. The van der Waals surface area contributed by atoms with Gasteiger partial charge in [-0.25, -0.2) is 0 Å². The van der Waals surface area contributed by atoms with E-state index in [0.717, 1.165) is 45.2 Å². The molecule has 0 amide bonds. The summed E-state index contributed by atoms with van der Waals surface area (Å²) in [5.74, 6) is 0.0382. The molecule has 1 saturated heterocycles. The average molecular weight is 425 g/mol. The number of carbonyl (C=O) groups excluding carboxylic acids is 2. The van der Waals surface area contributed by atoms with Crippen molar-refractivity contribution in [2.45, 2.75) is 84.2 Å². The van der Waals surface area contributed by atoms with Crippen LogP contribution in [0.3, 0.4) is 0 Å². The van der Waals surface area contributed by atoms with Gasteiger partial charge >= 0.3 is 0 Å². The highest BCUT2D eigenvalue weighted by Gasteiger charge is 2.36. The van der Waals surface area contributed by atoms with Gasteiger partial charge in [0.25, 0.3) is 0 Å². The van der Waals surface area contributed by atoms with E-state index in [4.69, 9.17) is 22.9 Å². The first-order valence-electron chi connectivity index (χ1n) is 11.4. The fourth-order valence-electron chi connectivity index (χ4n) is 4.22. The predicted molar refractivity (Wildman–Crippen MR) is 123 cm³/mol. The van der Waals surface area contributed by atoms with Crippen molar-refractivity contribution < 1.29 is 9.59 Å². The molecule has 8 nitrogen and oxygen atoms in total. The Morgan fingerprint density at radius 1 is 1.13 bits per heavy atom. The Labute approximate surface area is 182 Å². The summed E-state index contributed by atoms with van der Waals surface area (Å²) in [7, 11) is 0. The molecular weight excluding hydrogens is 380 g/mol. The molecule has 3 atom stereocenters. The second kappa shape index (κ2) is 13.0. The van der Waals surface area contributed by atoms with E-state index in [-0.39, 0.29) is 41.9 Å². The highest BCUT2D eigenvalue weighted by atomic mass is 16.1. The van der Waals surface area contributed by atoms with Crippen molar-refractivity contribution in [3.8, 4) is 0 Å². The van der Waals surface area contributed by atoms with E-state index in [1.165, 1.54) is 0 Å². The summed E-state index contributed by atoms with van der Waals surface area (Å²) in [4.78, 5) is 32.3. The van der Waals surface area contributed by atoms with Crippen LogP contribution in [0.1, 0.15) is 72.1 Å². The van der Waals surface area contributed by atoms with Crippen LogP contribution in [-0.4, -0.2) is 60.7 Å². The number of Topliss-reactive ketones (excluding diaryl/α,β-unsaturated/α-hetero) is 2. The number of rotatable bonds is 14. The minimum absolute atomic E-state index is 0.0502. The fourth-order valence-corrected chi connectivity index (χ4v) is 4.22. The molecule has 8 N–H and O–H groups in total. The Morgan fingerprint density at radius 3 is 2.43 bits per heavy atom. The number of nitrogens with zero attached hydrogens (tertiary/aromatic N) is 2. The van der Waals surface area contributed by atoms with Gasteiger partial charge < -0.3 is 22.9 Å². The number of carbonyl (C=O) groups is 2. The number of hydrogen-bond acceptors (Lipinski definition) is 6. The van der Waals surface area contributed by atoms with E-state index >= 15 is 0 Å². The molecule has 8 heteroatoms. The molecule has 1 heterocycles. The second-order valence-electron chi connectivity index (χ2n) is 9.63. The van der Waals surface area contributed by atoms with Crippen LogP contribution in [0.15, 0.2) is 4.99 Å².